The van der Waals surface area contributed by atoms with Crippen LogP contribution in [-0.2, 0) is 20.9 Å². The van der Waals surface area contributed by atoms with Crippen molar-refractivity contribution in [2.24, 2.45) is 11.8 Å². The molecular formula is C47H68N2O7. The summed E-state index contributed by atoms with van der Waals surface area (Å²) in [7, 11) is 3.06. The summed E-state index contributed by atoms with van der Waals surface area (Å²) in [5.41, 5.74) is 0.0125. The third-order valence-electron chi connectivity index (χ3n) is 13.2. The first kappa shape index (κ1) is 43.4. The third-order valence-corrected chi connectivity index (χ3v) is 13.2. The lowest BCUT2D eigenvalue weighted by Gasteiger charge is -2.58. The lowest BCUT2D eigenvalue weighted by atomic mass is 9.67. The Bertz CT molecular complexity index is 1620. The topological polar surface area (TPSA) is 111 Å². The van der Waals surface area contributed by atoms with E-state index in [1.165, 1.54) is 27.1 Å². The Kier molecular flexibility index (Phi) is 15.6. The number of β-lactam (4-membered cyclic amide) rings is 1. The lowest BCUT2D eigenvalue weighted by molar-refractivity contribution is -0.179. The normalized spacial score (nSPS) is 23.8. The number of ketones is 2. The maximum atomic E-state index is 15.4. The van der Waals surface area contributed by atoms with E-state index in [1.807, 2.05) is 24.3 Å². The molecule has 0 radical (unpaired) electrons. The van der Waals surface area contributed by atoms with Crippen molar-refractivity contribution in [3.05, 3.63) is 59.2 Å². The van der Waals surface area contributed by atoms with Gasteiger partial charge in [-0.1, -0.05) is 116 Å². The molecule has 2 aromatic carbocycles. The molecule has 9 nitrogen and oxygen atoms in total. The first-order valence-electron chi connectivity index (χ1n) is 21.8. The maximum absolute atomic E-state index is 15.4. The molecule has 2 unspecified atom stereocenters. The number of fused-ring (bicyclic) bond motifs is 1. The number of methoxy groups -OCH3 is 2. The van der Waals surface area contributed by atoms with E-state index in [2.05, 4.69) is 37.9 Å². The van der Waals surface area contributed by atoms with E-state index in [0.29, 0.717) is 48.3 Å². The van der Waals surface area contributed by atoms with E-state index in [-0.39, 0.29) is 48.0 Å². The molecule has 0 bridgehead atoms. The number of Topliss-reactive ketones (excluding diaryl/α,β-unsaturated/α-hetero) is 2. The summed E-state index contributed by atoms with van der Waals surface area (Å²) in [4.78, 5) is 59.2. The number of hydrogen-bond acceptors (Lipinski definition) is 8. The second-order valence-electron chi connectivity index (χ2n) is 16.6. The predicted octanol–water partition coefficient (Wildman–Crippen LogP) is 9.82. The van der Waals surface area contributed by atoms with Gasteiger partial charge < -0.3 is 24.4 Å². The number of rotatable bonds is 18. The molecule has 1 aliphatic heterocycles. The number of hydrogen-bond donors (Lipinski definition) is 1. The van der Waals surface area contributed by atoms with Crippen molar-refractivity contribution >= 4 is 23.4 Å². The molecule has 5 rings (SSSR count). The largest absolute Gasteiger partial charge is 0.497 e. The zero-order valence-corrected chi connectivity index (χ0v) is 35.1. The number of amides is 1. The van der Waals surface area contributed by atoms with E-state index >= 15 is 4.79 Å². The Labute approximate surface area is 336 Å². The summed E-state index contributed by atoms with van der Waals surface area (Å²) in [6.07, 6.45) is 16.5. The van der Waals surface area contributed by atoms with Gasteiger partial charge in [-0.2, -0.15) is 0 Å². The van der Waals surface area contributed by atoms with Crippen molar-refractivity contribution in [2.45, 2.75) is 173 Å². The van der Waals surface area contributed by atoms with Crippen LogP contribution < -0.4 is 14.8 Å². The number of nitrogens with zero attached hydrogens (tertiary/aromatic N) is 1. The second kappa shape index (κ2) is 20.1. The van der Waals surface area contributed by atoms with E-state index in [9.17, 15) is 14.4 Å². The molecule has 0 spiro atoms. The van der Waals surface area contributed by atoms with Gasteiger partial charge in [-0.05, 0) is 69.1 Å². The van der Waals surface area contributed by atoms with Gasteiger partial charge in [-0.25, -0.2) is 4.79 Å². The molecule has 56 heavy (non-hydrogen) atoms. The van der Waals surface area contributed by atoms with Gasteiger partial charge in [0.1, 0.15) is 23.6 Å². The van der Waals surface area contributed by atoms with Crippen molar-refractivity contribution in [3.8, 4) is 11.5 Å². The molecule has 1 saturated heterocycles. The fourth-order valence-corrected chi connectivity index (χ4v) is 10.1. The van der Waals surface area contributed by atoms with Crippen LogP contribution in [0.5, 0.6) is 11.5 Å². The fourth-order valence-electron chi connectivity index (χ4n) is 10.1. The number of carbonyl (C=O) groups is 4. The van der Waals surface area contributed by atoms with E-state index < -0.39 is 17.0 Å². The standard InChI is InChI=1S/C47H68N2O7/c1-7-27-46(9-3,42(50)34-25-23-33(24-26-34)32-56-45(53)35-29-36(54-5)31-37(30-35)55-6)48-40-21-17-13-11-15-19-38(40)43(51)47(10-4,28-8-2)49-41-22-18-14-12-16-20-39(41)44(49)52/h23-26,29-31,38-41,48H,7-22,27-28,32H2,1-6H3/t38-,39-,40+,41+,46?,47?/m1/s1. The van der Waals surface area contributed by atoms with Crippen molar-refractivity contribution < 1.29 is 33.4 Å². The van der Waals surface area contributed by atoms with E-state index in [0.717, 1.165) is 82.6 Å². The van der Waals surface area contributed by atoms with Gasteiger partial charge in [0.25, 0.3) is 0 Å². The minimum atomic E-state index is -0.854. The van der Waals surface area contributed by atoms with Gasteiger partial charge in [0.05, 0.1) is 31.2 Å². The number of nitrogens with one attached hydrogen (secondary N) is 1. The SMILES string of the molecule is CCCC(CC)(N[C@H]1CCCCCC[C@H]1C(=O)C(CC)(CCC)N1C(=O)[C@@H]2CCCCCC[C@@H]21)C(=O)c1ccc(COC(=O)c2cc(OC)cc(OC)c2)cc1. The molecular weight excluding hydrogens is 705 g/mol. The number of ether oxygens (including phenoxy) is 3. The van der Waals surface area contributed by atoms with Crippen LogP contribution in [0.4, 0.5) is 0 Å². The Hall–Kier alpha value is -3.72. The maximum Gasteiger partial charge on any atom is 0.338 e. The molecule has 6 atom stereocenters. The quantitative estimate of drug-likeness (QED) is 0.0906. The highest BCUT2D eigenvalue weighted by Crippen LogP contribution is 2.46. The summed E-state index contributed by atoms with van der Waals surface area (Å²) >= 11 is 0. The molecule has 2 saturated carbocycles. The van der Waals surface area contributed by atoms with Gasteiger partial charge in [-0.3, -0.25) is 14.4 Å². The Morgan fingerprint density at radius 1 is 0.732 bits per heavy atom. The smallest absolute Gasteiger partial charge is 0.338 e. The molecule has 2 aromatic rings. The molecule has 1 amide bonds. The monoisotopic (exact) mass is 773 g/mol. The summed E-state index contributed by atoms with van der Waals surface area (Å²) in [6.45, 7) is 8.48. The molecule has 1 N–H and O–H groups in total. The fraction of sp³-hybridized carbons (Fsp3) is 0.660. The number of esters is 1. The van der Waals surface area contributed by atoms with Crippen LogP contribution in [0.15, 0.2) is 42.5 Å². The lowest BCUT2D eigenvalue weighted by Crippen LogP contribution is -2.73. The molecule has 0 aromatic heterocycles. The third kappa shape index (κ3) is 9.35. The van der Waals surface area contributed by atoms with Crippen LogP contribution in [0.3, 0.4) is 0 Å². The molecule has 9 heteroatoms. The molecule has 308 valence electrons. The second-order valence-corrected chi connectivity index (χ2v) is 16.6. The number of benzene rings is 2. The number of carbonyl (C=O) groups excluding carboxylic acids is 4. The van der Waals surface area contributed by atoms with Gasteiger partial charge >= 0.3 is 5.97 Å². The van der Waals surface area contributed by atoms with Crippen molar-refractivity contribution in [2.75, 3.05) is 14.2 Å². The average molecular weight is 773 g/mol. The predicted molar refractivity (Wildman–Crippen MR) is 220 cm³/mol. The van der Waals surface area contributed by atoms with Crippen LogP contribution >= 0.6 is 0 Å². The van der Waals surface area contributed by atoms with Gasteiger partial charge in [0, 0.05) is 29.6 Å². The molecule has 1 heterocycles. The van der Waals surface area contributed by atoms with Crippen molar-refractivity contribution in [1.82, 2.24) is 10.2 Å². The van der Waals surface area contributed by atoms with Crippen LogP contribution in [0.2, 0.25) is 0 Å². The summed E-state index contributed by atoms with van der Waals surface area (Å²) in [5.74, 6) is 0.699. The summed E-state index contributed by atoms with van der Waals surface area (Å²) in [6, 6.07) is 12.2. The summed E-state index contributed by atoms with van der Waals surface area (Å²) in [5, 5.41) is 3.94. The van der Waals surface area contributed by atoms with Crippen LogP contribution in [0.25, 0.3) is 0 Å². The molecule has 2 aliphatic carbocycles. The minimum Gasteiger partial charge on any atom is -0.497 e. The Morgan fingerprint density at radius 3 is 1.93 bits per heavy atom. The van der Waals surface area contributed by atoms with Gasteiger partial charge in [0.2, 0.25) is 5.91 Å². The molecule has 3 fully saturated rings. The van der Waals surface area contributed by atoms with Gasteiger partial charge in [0.15, 0.2) is 11.6 Å². The van der Waals surface area contributed by atoms with Crippen LogP contribution in [0.1, 0.15) is 170 Å². The van der Waals surface area contributed by atoms with E-state index in [1.54, 1.807) is 18.2 Å². The van der Waals surface area contributed by atoms with Crippen molar-refractivity contribution in [1.29, 1.82) is 0 Å². The van der Waals surface area contributed by atoms with Crippen molar-refractivity contribution in [3.63, 3.8) is 0 Å². The first-order valence-corrected chi connectivity index (χ1v) is 21.8. The van der Waals surface area contributed by atoms with Crippen LogP contribution in [-0.4, -0.2) is 65.7 Å². The highest BCUT2D eigenvalue weighted by Gasteiger charge is 2.59. The van der Waals surface area contributed by atoms with Crippen LogP contribution in [0, 0.1) is 11.8 Å². The first-order chi connectivity index (χ1) is 27.1. The van der Waals surface area contributed by atoms with Gasteiger partial charge in [-0.15, -0.1) is 0 Å². The average Bonchev–Trinajstić information content (AvgIpc) is 3.20. The summed E-state index contributed by atoms with van der Waals surface area (Å²) < 4.78 is 16.2. The zero-order chi connectivity index (χ0) is 40.3. The van der Waals surface area contributed by atoms with E-state index in [4.69, 9.17) is 14.2 Å². The Balaban J connectivity index is 1.38. The highest BCUT2D eigenvalue weighted by atomic mass is 16.5. The minimum absolute atomic E-state index is 0.0210. The Morgan fingerprint density at radius 2 is 1.34 bits per heavy atom. The highest BCUT2D eigenvalue weighted by molar-refractivity contribution is 6.03. The number of likely N-dealkylation sites (tertiary alicyclic amines) is 1. The zero-order valence-electron chi connectivity index (χ0n) is 35.1. The molecule has 3 aliphatic rings.